The minimum atomic E-state index is -2.07. The van der Waals surface area contributed by atoms with E-state index in [1.165, 1.54) is 54.9 Å². The van der Waals surface area contributed by atoms with Gasteiger partial charge in [-0.3, -0.25) is 0 Å². The number of fused-ring (bicyclic) bond motifs is 9. The van der Waals surface area contributed by atoms with Crippen molar-refractivity contribution in [1.82, 2.24) is 0 Å². The van der Waals surface area contributed by atoms with Crippen molar-refractivity contribution in [3.05, 3.63) is 23.3 Å². The number of benzene rings is 1. The Bertz CT molecular complexity index is 751. The first-order valence-electron chi connectivity index (χ1n) is 12.2. The fourth-order valence-corrected chi connectivity index (χ4v) is 10.6. The molecule has 166 valence electrons. The van der Waals surface area contributed by atoms with Gasteiger partial charge < -0.3 is 5.11 Å². The molecule has 1 saturated heterocycles. The smallest absolute Gasteiger partial charge is 0.238 e. The Morgan fingerprint density at radius 3 is 2.20 bits per heavy atom. The number of hydrogen-bond donors (Lipinski definition) is 1. The quantitative estimate of drug-likeness (QED) is 0.412. The van der Waals surface area contributed by atoms with Gasteiger partial charge in [0, 0.05) is 17.3 Å². The molecule has 4 saturated carbocycles. The lowest BCUT2D eigenvalue weighted by Crippen LogP contribution is -2.33. The zero-order valence-corrected chi connectivity index (χ0v) is 19.3. The number of halogens is 2. The van der Waals surface area contributed by atoms with E-state index in [0.29, 0.717) is 28.5 Å². The van der Waals surface area contributed by atoms with Gasteiger partial charge in [0.25, 0.3) is 0 Å². The number of rotatable bonds is 3. The second-order valence-corrected chi connectivity index (χ2v) is 13.1. The summed E-state index contributed by atoms with van der Waals surface area (Å²) in [6, 6.07) is 4.33. The lowest BCUT2D eigenvalue weighted by Gasteiger charge is -2.38. The summed E-state index contributed by atoms with van der Waals surface area (Å²) in [7, 11) is 0.469. The van der Waals surface area contributed by atoms with E-state index in [1.54, 1.807) is 0 Å². The van der Waals surface area contributed by atoms with Crippen LogP contribution in [0.1, 0.15) is 62.5 Å². The Morgan fingerprint density at radius 1 is 0.933 bits per heavy atom. The summed E-state index contributed by atoms with van der Waals surface area (Å²) in [5.74, 6) is 8.87. The van der Waals surface area contributed by atoms with Crippen LogP contribution in [-0.2, 0) is 10.9 Å². The predicted octanol–water partition coefficient (Wildman–Crippen LogP) is 6.74. The highest BCUT2D eigenvalue weighted by atomic mass is 32.2. The topological polar surface area (TPSA) is 20.2 Å². The van der Waals surface area contributed by atoms with Gasteiger partial charge in [0.05, 0.1) is 0 Å². The Morgan fingerprint density at radius 2 is 1.57 bits per heavy atom. The zero-order valence-electron chi connectivity index (χ0n) is 18.5. The Balaban J connectivity index is 0.000000130. The summed E-state index contributed by atoms with van der Waals surface area (Å²) in [5.41, 5.74) is 2.05. The molecule has 4 heteroatoms. The van der Waals surface area contributed by atoms with E-state index < -0.39 is 6.43 Å². The van der Waals surface area contributed by atoms with Gasteiger partial charge in [0.15, 0.2) is 4.90 Å². The summed E-state index contributed by atoms with van der Waals surface area (Å²) in [5, 5.41) is 9.68. The molecule has 30 heavy (non-hydrogen) atoms. The summed E-state index contributed by atoms with van der Waals surface area (Å²) < 4.78 is 25.1. The first kappa shape index (κ1) is 21.1. The molecule has 5 fully saturated rings. The van der Waals surface area contributed by atoms with Crippen LogP contribution in [0.25, 0.3) is 0 Å². The van der Waals surface area contributed by atoms with Crippen LogP contribution < -0.4 is 0 Å². The van der Waals surface area contributed by atoms with Crippen LogP contribution in [0.15, 0.2) is 17.0 Å². The summed E-state index contributed by atoms with van der Waals surface area (Å²) >= 11 is 0. The van der Waals surface area contributed by atoms with Gasteiger partial charge >= 0.3 is 0 Å². The maximum absolute atomic E-state index is 12.5. The molecule has 1 N–H and O–H groups in total. The molecule has 0 spiro atoms. The third-order valence-corrected chi connectivity index (χ3v) is 11.6. The van der Waals surface area contributed by atoms with Gasteiger partial charge in [-0.2, -0.15) is 0 Å². The monoisotopic (exact) mass is 435 g/mol. The third-order valence-electron chi connectivity index (χ3n) is 9.18. The predicted molar refractivity (Wildman–Crippen MR) is 120 cm³/mol. The van der Waals surface area contributed by atoms with Gasteiger partial charge in [-0.15, -0.1) is 0 Å². The lowest BCUT2D eigenvalue weighted by atomic mass is 9.67. The average molecular weight is 436 g/mol. The highest BCUT2D eigenvalue weighted by Crippen LogP contribution is 2.69. The Kier molecular flexibility index (Phi) is 5.83. The highest BCUT2D eigenvalue weighted by molar-refractivity contribution is 7.97. The van der Waals surface area contributed by atoms with E-state index in [0.717, 1.165) is 47.1 Å². The molecule has 6 rings (SSSR count). The second-order valence-electron chi connectivity index (χ2n) is 10.8. The van der Waals surface area contributed by atoms with Crippen molar-refractivity contribution >= 4 is 10.9 Å². The van der Waals surface area contributed by atoms with Crippen molar-refractivity contribution in [3.63, 3.8) is 0 Å². The SMILES string of the molecule is Cc1cc([S+]2CCCC2)cc(C)c1O.FC(F)CC1CC2CC1C1C3CCC(C3)C21. The fourth-order valence-electron chi connectivity index (χ4n) is 8.18. The van der Waals surface area contributed by atoms with E-state index >= 15 is 0 Å². The number of hydrogen-bond acceptors (Lipinski definition) is 1. The van der Waals surface area contributed by atoms with Crippen LogP contribution in [0.3, 0.4) is 0 Å². The van der Waals surface area contributed by atoms with E-state index in [9.17, 15) is 13.9 Å². The first-order chi connectivity index (χ1) is 14.4. The molecule has 7 atom stereocenters. The Labute approximate surface area is 183 Å². The summed E-state index contributed by atoms with van der Waals surface area (Å²) in [6.07, 6.45) is 7.64. The van der Waals surface area contributed by atoms with Crippen LogP contribution >= 0.6 is 0 Å². The van der Waals surface area contributed by atoms with Crippen LogP contribution in [0, 0.1) is 55.3 Å². The van der Waals surface area contributed by atoms with Crippen LogP contribution in [-0.4, -0.2) is 23.0 Å². The summed E-state index contributed by atoms with van der Waals surface area (Å²) in [4.78, 5) is 1.45. The van der Waals surface area contributed by atoms with Crippen molar-refractivity contribution in [2.24, 2.45) is 41.4 Å². The van der Waals surface area contributed by atoms with Gasteiger partial charge in [0.2, 0.25) is 6.43 Å². The number of phenolic OH excluding ortho intramolecular Hbond substituents is 1. The Hall–Kier alpha value is -0.770. The maximum atomic E-state index is 12.5. The number of phenols is 1. The van der Waals surface area contributed by atoms with Crippen molar-refractivity contribution in [1.29, 1.82) is 0 Å². The molecular weight excluding hydrogens is 398 g/mol. The summed E-state index contributed by atoms with van der Waals surface area (Å²) in [6.45, 7) is 3.98. The van der Waals surface area contributed by atoms with Crippen molar-refractivity contribution in [3.8, 4) is 5.75 Å². The van der Waals surface area contributed by atoms with Crippen molar-refractivity contribution < 1.29 is 13.9 Å². The molecule has 4 aliphatic carbocycles. The van der Waals surface area contributed by atoms with E-state index in [-0.39, 0.29) is 6.42 Å². The largest absolute Gasteiger partial charge is 0.507 e. The fraction of sp³-hybridized carbons (Fsp3) is 0.769. The van der Waals surface area contributed by atoms with Gasteiger partial charge in [-0.05, 0) is 123 Å². The van der Waals surface area contributed by atoms with Crippen LogP contribution in [0.5, 0.6) is 5.75 Å². The standard InChI is InChI=1S/C14H20F2.C12H16OS/c15-12(16)6-9-4-10-5-11(9)14-8-2-1-7(3-8)13(10)14;1-9-7-11(8-10(2)12(9)13)14-5-3-4-6-14/h7-14H,1-6H2;7-8H,3-6H2,1-2H3/p+1. The molecular formula is C26H37F2OS+. The van der Waals surface area contributed by atoms with E-state index in [4.69, 9.17) is 0 Å². The molecule has 1 heterocycles. The van der Waals surface area contributed by atoms with Crippen molar-refractivity contribution in [2.75, 3.05) is 11.5 Å². The van der Waals surface area contributed by atoms with E-state index in [2.05, 4.69) is 12.1 Å². The van der Waals surface area contributed by atoms with Crippen LogP contribution in [0.4, 0.5) is 8.78 Å². The maximum Gasteiger partial charge on any atom is 0.238 e. The molecule has 1 aliphatic heterocycles. The normalized spacial score (nSPS) is 38.9. The average Bonchev–Trinajstić information content (AvgIpc) is 3.51. The molecule has 0 aromatic heterocycles. The first-order valence-corrected chi connectivity index (χ1v) is 13.7. The minimum absolute atomic E-state index is 0.196. The van der Waals surface area contributed by atoms with Gasteiger partial charge in [-0.25, -0.2) is 8.78 Å². The third kappa shape index (κ3) is 3.69. The second kappa shape index (κ2) is 8.30. The highest BCUT2D eigenvalue weighted by Gasteiger charge is 2.62. The number of aromatic hydroxyl groups is 1. The van der Waals surface area contributed by atoms with Gasteiger partial charge in [0.1, 0.15) is 17.3 Å². The van der Waals surface area contributed by atoms with Crippen LogP contribution in [0.2, 0.25) is 0 Å². The lowest BCUT2D eigenvalue weighted by molar-refractivity contribution is 0.0528. The molecule has 0 amide bonds. The molecule has 0 radical (unpaired) electrons. The molecule has 5 aliphatic rings. The molecule has 1 nitrogen and oxygen atoms in total. The molecule has 4 bridgehead atoms. The molecule has 1 aromatic rings. The number of aryl methyl sites for hydroxylation is 2. The minimum Gasteiger partial charge on any atom is -0.507 e. The van der Waals surface area contributed by atoms with Gasteiger partial charge in [-0.1, -0.05) is 0 Å². The number of alkyl halides is 2. The molecule has 1 aromatic carbocycles. The van der Waals surface area contributed by atoms with E-state index in [1.807, 2.05) is 13.8 Å². The zero-order chi connectivity index (χ0) is 21.0. The molecule has 7 unspecified atom stereocenters. The van der Waals surface area contributed by atoms with Crippen molar-refractivity contribution in [2.45, 2.75) is 76.5 Å².